The molecule has 1 amide bonds. The van der Waals surface area contributed by atoms with Crippen LogP contribution in [0.1, 0.15) is 28.4 Å². The number of nitrogens with one attached hydrogen (secondary N) is 1. The molecule has 5 heteroatoms. The van der Waals surface area contributed by atoms with Gasteiger partial charge in [0.15, 0.2) is 0 Å². The highest BCUT2D eigenvalue weighted by Gasteiger charge is 2.13. The average molecular weight is 284 g/mol. The fourth-order valence-corrected chi connectivity index (χ4v) is 1.87. The average Bonchev–Trinajstić information content (AvgIpc) is 2.49. The molecule has 106 valence electrons. The van der Waals surface area contributed by atoms with Crippen LogP contribution in [-0.4, -0.2) is 11.0 Å². The van der Waals surface area contributed by atoms with Gasteiger partial charge < -0.3 is 10.4 Å². The topological polar surface area (TPSA) is 73.1 Å². The number of phenols is 1. The van der Waals surface area contributed by atoms with Gasteiger partial charge in [-0.1, -0.05) is 13.0 Å². The van der Waals surface area contributed by atoms with E-state index >= 15 is 0 Å². The van der Waals surface area contributed by atoms with Gasteiger partial charge in [-0.2, -0.15) is 5.26 Å². The molecule has 0 aliphatic heterocycles. The van der Waals surface area contributed by atoms with Crippen LogP contribution < -0.4 is 5.32 Å². The predicted octanol–water partition coefficient (Wildman–Crippen LogP) is 3.22. The molecule has 2 aromatic carbocycles. The van der Waals surface area contributed by atoms with Crippen molar-refractivity contribution >= 4 is 11.6 Å². The number of phenolic OH excluding ortho intramolecular Hbond substituents is 1. The number of amides is 1. The van der Waals surface area contributed by atoms with Crippen molar-refractivity contribution in [3.63, 3.8) is 0 Å². The van der Waals surface area contributed by atoms with Crippen LogP contribution in [0.25, 0.3) is 0 Å². The van der Waals surface area contributed by atoms with Gasteiger partial charge in [-0.25, -0.2) is 4.39 Å². The molecule has 2 rings (SSSR count). The van der Waals surface area contributed by atoms with Gasteiger partial charge >= 0.3 is 0 Å². The lowest BCUT2D eigenvalue weighted by molar-refractivity contribution is 0.102. The van der Waals surface area contributed by atoms with E-state index in [2.05, 4.69) is 5.32 Å². The van der Waals surface area contributed by atoms with Crippen molar-refractivity contribution in [2.24, 2.45) is 0 Å². The Morgan fingerprint density at radius 3 is 2.76 bits per heavy atom. The lowest BCUT2D eigenvalue weighted by Crippen LogP contribution is -2.12. The first-order valence-electron chi connectivity index (χ1n) is 6.38. The molecule has 0 heterocycles. The summed E-state index contributed by atoms with van der Waals surface area (Å²) < 4.78 is 13.2. The molecule has 0 fully saturated rings. The molecule has 0 radical (unpaired) electrons. The van der Waals surface area contributed by atoms with E-state index in [4.69, 9.17) is 5.26 Å². The number of aryl methyl sites for hydroxylation is 1. The van der Waals surface area contributed by atoms with Crippen LogP contribution in [0, 0.1) is 17.1 Å². The van der Waals surface area contributed by atoms with Crippen LogP contribution in [0.4, 0.5) is 10.1 Å². The van der Waals surface area contributed by atoms with Crippen molar-refractivity contribution in [3.05, 3.63) is 58.9 Å². The van der Waals surface area contributed by atoms with Crippen molar-refractivity contribution < 1.29 is 14.3 Å². The number of aromatic hydroxyl groups is 1. The number of halogens is 1. The van der Waals surface area contributed by atoms with Crippen molar-refractivity contribution in [3.8, 4) is 11.8 Å². The van der Waals surface area contributed by atoms with E-state index in [0.717, 1.165) is 18.1 Å². The Hall–Kier alpha value is -2.87. The fraction of sp³-hybridized carbons (Fsp3) is 0.125. The zero-order chi connectivity index (χ0) is 15.4. The van der Waals surface area contributed by atoms with Gasteiger partial charge in [0.1, 0.15) is 17.6 Å². The number of nitriles is 1. The molecule has 2 aromatic rings. The summed E-state index contributed by atoms with van der Waals surface area (Å²) in [6.45, 7) is 1.94. The van der Waals surface area contributed by atoms with E-state index in [9.17, 15) is 14.3 Å². The maximum atomic E-state index is 13.2. The Morgan fingerprint density at radius 2 is 2.10 bits per heavy atom. The number of carbonyl (C=O) groups excluding carboxylic acids is 1. The second-order valence-electron chi connectivity index (χ2n) is 4.47. The number of benzene rings is 2. The summed E-state index contributed by atoms with van der Waals surface area (Å²) in [4.78, 5) is 12.1. The predicted molar refractivity (Wildman–Crippen MR) is 76.6 cm³/mol. The monoisotopic (exact) mass is 284 g/mol. The van der Waals surface area contributed by atoms with Gasteiger partial charge in [-0.15, -0.1) is 0 Å². The molecular formula is C16H13FN2O2. The minimum atomic E-state index is -0.647. The molecule has 0 aliphatic rings. The van der Waals surface area contributed by atoms with E-state index < -0.39 is 11.7 Å². The van der Waals surface area contributed by atoms with E-state index in [-0.39, 0.29) is 16.9 Å². The van der Waals surface area contributed by atoms with E-state index in [0.29, 0.717) is 5.69 Å². The minimum Gasteiger partial charge on any atom is -0.507 e. The Balaban J connectivity index is 2.28. The first kappa shape index (κ1) is 14.5. The van der Waals surface area contributed by atoms with E-state index in [1.165, 1.54) is 18.2 Å². The van der Waals surface area contributed by atoms with Crippen LogP contribution in [0.5, 0.6) is 5.75 Å². The highest BCUT2D eigenvalue weighted by atomic mass is 19.1. The largest absolute Gasteiger partial charge is 0.507 e. The molecular weight excluding hydrogens is 271 g/mol. The minimum absolute atomic E-state index is 0.132. The molecule has 4 nitrogen and oxygen atoms in total. The number of anilines is 1. The molecule has 0 saturated heterocycles. The van der Waals surface area contributed by atoms with Crippen LogP contribution in [0.3, 0.4) is 0 Å². The standard InChI is InChI=1S/C16H13FN2O2/c1-2-10-3-6-15(20)13(7-10)16(21)19-12-4-5-14(17)11(8-12)9-18/h3-8,20H,2H2,1H3,(H,19,21). The van der Waals surface area contributed by atoms with Crippen molar-refractivity contribution in [2.45, 2.75) is 13.3 Å². The van der Waals surface area contributed by atoms with Gasteiger partial charge in [0.25, 0.3) is 5.91 Å². The number of rotatable bonds is 3. The number of carbonyl (C=O) groups is 1. The molecule has 21 heavy (non-hydrogen) atoms. The highest BCUT2D eigenvalue weighted by Crippen LogP contribution is 2.21. The molecule has 0 atom stereocenters. The second kappa shape index (κ2) is 6.06. The summed E-state index contributed by atoms with van der Waals surface area (Å²) in [5.74, 6) is -1.29. The van der Waals surface area contributed by atoms with Gasteiger partial charge in [0.05, 0.1) is 11.1 Å². The SMILES string of the molecule is CCc1ccc(O)c(C(=O)Nc2ccc(F)c(C#N)c2)c1. The first-order chi connectivity index (χ1) is 10.0. The first-order valence-corrected chi connectivity index (χ1v) is 6.38. The normalized spacial score (nSPS) is 9.95. The molecule has 0 saturated carbocycles. The Bertz CT molecular complexity index is 736. The third kappa shape index (κ3) is 3.18. The quantitative estimate of drug-likeness (QED) is 0.908. The second-order valence-corrected chi connectivity index (χ2v) is 4.47. The molecule has 0 aliphatic carbocycles. The van der Waals surface area contributed by atoms with Crippen molar-refractivity contribution in [1.29, 1.82) is 5.26 Å². The maximum absolute atomic E-state index is 13.2. The Kier molecular flexibility index (Phi) is 4.19. The summed E-state index contributed by atoms with van der Waals surface area (Å²) in [6, 6.07) is 10.2. The molecule has 2 N–H and O–H groups in total. The summed E-state index contributed by atoms with van der Waals surface area (Å²) in [5.41, 5.74) is 1.19. The van der Waals surface area contributed by atoms with Gasteiger partial charge in [0.2, 0.25) is 0 Å². The lowest BCUT2D eigenvalue weighted by atomic mass is 10.1. The van der Waals surface area contributed by atoms with Crippen molar-refractivity contribution in [2.75, 3.05) is 5.32 Å². The van der Waals surface area contributed by atoms with Gasteiger partial charge in [0, 0.05) is 5.69 Å². The van der Waals surface area contributed by atoms with Crippen LogP contribution in [0.15, 0.2) is 36.4 Å². The smallest absolute Gasteiger partial charge is 0.259 e. The molecule has 0 aromatic heterocycles. The van der Waals surface area contributed by atoms with Crippen LogP contribution in [-0.2, 0) is 6.42 Å². The number of hydrogen-bond donors (Lipinski definition) is 2. The van der Waals surface area contributed by atoms with Gasteiger partial charge in [-0.3, -0.25) is 4.79 Å². The van der Waals surface area contributed by atoms with Crippen molar-refractivity contribution in [1.82, 2.24) is 0 Å². The summed E-state index contributed by atoms with van der Waals surface area (Å²) >= 11 is 0. The molecule has 0 unspecified atom stereocenters. The van der Waals surface area contributed by atoms with E-state index in [1.807, 2.05) is 6.92 Å². The number of hydrogen-bond acceptors (Lipinski definition) is 3. The fourth-order valence-electron chi connectivity index (χ4n) is 1.87. The van der Waals surface area contributed by atoms with Crippen LogP contribution in [0.2, 0.25) is 0 Å². The third-order valence-corrected chi connectivity index (χ3v) is 3.06. The molecule has 0 bridgehead atoms. The maximum Gasteiger partial charge on any atom is 0.259 e. The zero-order valence-corrected chi connectivity index (χ0v) is 11.4. The zero-order valence-electron chi connectivity index (χ0n) is 11.4. The van der Waals surface area contributed by atoms with E-state index in [1.54, 1.807) is 18.2 Å². The summed E-state index contributed by atoms with van der Waals surface area (Å²) in [6.07, 6.45) is 0.732. The van der Waals surface area contributed by atoms with Gasteiger partial charge in [-0.05, 0) is 42.3 Å². The lowest BCUT2D eigenvalue weighted by Gasteiger charge is -2.09. The summed E-state index contributed by atoms with van der Waals surface area (Å²) in [5, 5.41) is 21.0. The third-order valence-electron chi connectivity index (χ3n) is 3.06. The highest BCUT2D eigenvalue weighted by molar-refractivity contribution is 6.06. The Labute approximate surface area is 121 Å². The number of nitrogens with zero attached hydrogens (tertiary/aromatic N) is 1. The molecule has 0 spiro atoms. The Morgan fingerprint density at radius 1 is 1.33 bits per heavy atom. The summed E-state index contributed by atoms with van der Waals surface area (Å²) in [7, 11) is 0. The van der Waals surface area contributed by atoms with Crippen LogP contribution >= 0.6 is 0 Å².